The Labute approximate surface area is 166 Å². The third-order valence-corrected chi connectivity index (χ3v) is 6.04. The molecule has 158 valence electrons. The summed E-state index contributed by atoms with van der Waals surface area (Å²) in [5.41, 5.74) is -1.58. The van der Waals surface area contributed by atoms with Gasteiger partial charge in [-0.2, -0.15) is 0 Å². The third-order valence-electron chi connectivity index (χ3n) is 6.04. The van der Waals surface area contributed by atoms with Crippen molar-refractivity contribution in [2.24, 2.45) is 5.92 Å². The molecule has 3 amide bonds. The minimum Gasteiger partial charge on any atom is -0.444 e. The van der Waals surface area contributed by atoms with Crippen LogP contribution in [0.3, 0.4) is 0 Å². The number of hydrogen-bond donors (Lipinski definition) is 2. The summed E-state index contributed by atoms with van der Waals surface area (Å²) in [5, 5.41) is 13.1. The molecule has 1 saturated carbocycles. The second-order valence-corrected chi connectivity index (χ2v) is 9.43. The molecule has 0 bridgehead atoms. The molecule has 8 heteroatoms. The van der Waals surface area contributed by atoms with Gasteiger partial charge in [0.15, 0.2) is 0 Å². The Morgan fingerprint density at radius 1 is 1.32 bits per heavy atom. The summed E-state index contributed by atoms with van der Waals surface area (Å²) in [6, 6.07) is -0.931. The number of hydrogen-bond acceptors (Lipinski definition) is 5. The topological polar surface area (TPSA) is 99.2 Å². The van der Waals surface area contributed by atoms with E-state index >= 15 is 0 Å². The highest BCUT2D eigenvalue weighted by atomic mass is 16.6. The monoisotopic (exact) mass is 395 g/mol. The molecule has 3 fully saturated rings. The van der Waals surface area contributed by atoms with Gasteiger partial charge in [-0.15, -0.1) is 0 Å². The standard InChI is InChI=1S/C20H33N3O5/c1-13(24)15(16(25)21-11-14-7-5-8-14)22-12-20(17(22)26)9-6-10-23(20)18(27)28-19(2,3)4/h13-15,24H,5-12H2,1-4H3,(H,21,25)/t13-,15+,20?/m1/s1. The first kappa shape index (κ1) is 20.9. The normalized spacial score (nSPS) is 27.2. The number of aliphatic hydroxyl groups excluding tert-OH is 1. The molecule has 28 heavy (non-hydrogen) atoms. The van der Waals surface area contributed by atoms with Crippen LogP contribution in [0.1, 0.15) is 59.8 Å². The number of ether oxygens (including phenoxy) is 1. The number of carbonyl (C=O) groups excluding carboxylic acids is 3. The van der Waals surface area contributed by atoms with Gasteiger partial charge in [0.2, 0.25) is 5.91 Å². The van der Waals surface area contributed by atoms with Gasteiger partial charge in [-0.1, -0.05) is 6.42 Å². The number of amides is 3. The summed E-state index contributed by atoms with van der Waals surface area (Å²) in [5.74, 6) is -0.109. The van der Waals surface area contributed by atoms with E-state index in [1.54, 1.807) is 20.8 Å². The van der Waals surface area contributed by atoms with E-state index in [4.69, 9.17) is 4.74 Å². The zero-order valence-electron chi connectivity index (χ0n) is 17.4. The molecular weight excluding hydrogens is 362 g/mol. The van der Waals surface area contributed by atoms with Crippen LogP contribution < -0.4 is 5.32 Å². The van der Waals surface area contributed by atoms with E-state index in [1.165, 1.54) is 23.1 Å². The Kier molecular flexibility index (Phi) is 5.62. The van der Waals surface area contributed by atoms with Gasteiger partial charge < -0.3 is 20.1 Å². The van der Waals surface area contributed by atoms with Gasteiger partial charge in [0.1, 0.15) is 17.2 Å². The Hall–Kier alpha value is -1.83. The smallest absolute Gasteiger partial charge is 0.411 e. The highest BCUT2D eigenvalue weighted by Gasteiger charge is 2.63. The number of rotatable bonds is 5. The third kappa shape index (κ3) is 3.83. The van der Waals surface area contributed by atoms with Crippen LogP contribution in [0.15, 0.2) is 0 Å². The predicted octanol–water partition coefficient (Wildman–Crippen LogP) is 1.26. The second kappa shape index (κ2) is 7.54. The maximum Gasteiger partial charge on any atom is 0.411 e. The summed E-state index contributed by atoms with van der Waals surface area (Å²) in [7, 11) is 0. The van der Waals surface area contributed by atoms with Crippen LogP contribution >= 0.6 is 0 Å². The molecule has 1 spiro atoms. The van der Waals surface area contributed by atoms with Gasteiger partial charge in [-0.25, -0.2) is 4.79 Å². The first-order valence-corrected chi connectivity index (χ1v) is 10.3. The fourth-order valence-electron chi connectivity index (χ4n) is 4.34. The SMILES string of the molecule is C[C@@H](O)[C@@H](C(=O)NCC1CCC1)N1CC2(CCCN2C(=O)OC(C)(C)C)C1=O. The highest BCUT2D eigenvalue weighted by molar-refractivity contribution is 5.99. The molecule has 2 heterocycles. The van der Waals surface area contributed by atoms with Crippen molar-refractivity contribution in [1.82, 2.24) is 15.1 Å². The molecule has 3 aliphatic rings. The average molecular weight is 396 g/mol. The number of nitrogens with zero attached hydrogens (tertiary/aromatic N) is 2. The van der Waals surface area contributed by atoms with Crippen molar-refractivity contribution in [2.75, 3.05) is 19.6 Å². The van der Waals surface area contributed by atoms with Gasteiger partial charge in [-0.3, -0.25) is 14.5 Å². The molecule has 1 unspecified atom stereocenters. The molecule has 3 atom stereocenters. The molecule has 2 aliphatic heterocycles. The molecule has 0 aromatic rings. The lowest BCUT2D eigenvalue weighted by molar-refractivity contribution is -0.171. The molecular formula is C20H33N3O5. The van der Waals surface area contributed by atoms with E-state index in [-0.39, 0.29) is 18.4 Å². The zero-order valence-corrected chi connectivity index (χ0v) is 17.4. The van der Waals surface area contributed by atoms with Crippen molar-refractivity contribution in [3.8, 4) is 0 Å². The Morgan fingerprint density at radius 2 is 2.00 bits per heavy atom. The molecule has 0 aromatic heterocycles. The van der Waals surface area contributed by atoms with Crippen molar-refractivity contribution in [1.29, 1.82) is 0 Å². The molecule has 2 N–H and O–H groups in total. The van der Waals surface area contributed by atoms with E-state index < -0.39 is 29.4 Å². The van der Waals surface area contributed by atoms with Crippen molar-refractivity contribution >= 4 is 17.9 Å². The number of β-lactam (4-membered cyclic amide) rings is 1. The number of likely N-dealkylation sites (tertiary alicyclic amines) is 2. The van der Waals surface area contributed by atoms with E-state index in [1.807, 2.05) is 0 Å². The average Bonchev–Trinajstić information content (AvgIpc) is 2.97. The lowest BCUT2D eigenvalue weighted by Gasteiger charge is -2.53. The van der Waals surface area contributed by atoms with Gasteiger partial charge >= 0.3 is 6.09 Å². The fraction of sp³-hybridized carbons (Fsp3) is 0.850. The van der Waals surface area contributed by atoms with Crippen LogP contribution in [-0.4, -0.2) is 75.7 Å². The Morgan fingerprint density at radius 3 is 2.50 bits per heavy atom. The van der Waals surface area contributed by atoms with Crippen molar-refractivity contribution < 1.29 is 24.2 Å². The van der Waals surface area contributed by atoms with Crippen LogP contribution in [0.2, 0.25) is 0 Å². The predicted molar refractivity (Wildman–Crippen MR) is 102 cm³/mol. The first-order valence-electron chi connectivity index (χ1n) is 10.3. The molecule has 3 rings (SSSR count). The van der Waals surface area contributed by atoms with E-state index in [9.17, 15) is 19.5 Å². The fourth-order valence-corrected chi connectivity index (χ4v) is 4.34. The quantitative estimate of drug-likeness (QED) is 0.683. The lowest BCUT2D eigenvalue weighted by Crippen LogP contribution is -2.77. The van der Waals surface area contributed by atoms with E-state index in [0.29, 0.717) is 31.8 Å². The zero-order chi connectivity index (χ0) is 20.7. The number of carbonyl (C=O) groups is 3. The Balaban J connectivity index is 1.66. The molecule has 1 aliphatic carbocycles. The van der Waals surface area contributed by atoms with Crippen LogP contribution in [0.5, 0.6) is 0 Å². The first-order chi connectivity index (χ1) is 13.0. The summed E-state index contributed by atoms with van der Waals surface area (Å²) >= 11 is 0. The van der Waals surface area contributed by atoms with Gasteiger partial charge in [-0.05, 0) is 59.3 Å². The number of aliphatic hydroxyl groups is 1. The van der Waals surface area contributed by atoms with Gasteiger partial charge in [0, 0.05) is 13.1 Å². The number of nitrogens with one attached hydrogen (secondary N) is 1. The van der Waals surface area contributed by atoms with Gasteiger partial charge in [0.25, 0.3) is 5.91 Å². The van der Waals surface area contributed by atoms with Crippen molar-refractivity contribution in [2.45, 2.75) is 83.1 Å². The molecule has 2 saturated heterocycles. The molecule has 0 aromatic carbocycles. The second-order valence-electron chi connectivity index (χ2n) is 9.43. The minimum atomic E-state index is -0.987. The molecule has 0 radical (unpaired) electrons. The summed E-state index contributed by atoms with van der Waals surface area (Å²) in [6.45, 7) is 8.18. The van der Waals surface area contributed by atoms with Gasteiger partial charge in [0.05, 0.1) is 12.6 Å². The lowest BCUT2D eigenvalue weighted by atomic mass is 9.83. The van der Waals surface area contributed by atoms with Crippen molar-refractivity contribution in [3.05, 3.63) is 0 Å². The minimum absolute atomic E-state index is 0.248. The summed E-state index contributed by atoms with van der Waals surface area (Å²) < 4.78 is 5.46. The van der Waals surface area contributed by atoms with E-state index in [2.05, 4.69) is 5.32 Å². The Bertz CT molecular complexity index is 640. The van der Waals surface area contributed by atoms with Crippen LogP contribution in [0.25, 0.3) is 0 Å². The van der Waals surface area contributed by atoms with Crippen LogP contribution in [-0.2, 0) is 14.3 Å². The summed E-state index contributed by atoms with van der Waals surface area (Å²) in [4.78, 5) is 41.2. The molecule has 8 nitrogen and oxygen atoms in total. The van der Waals surface area contributed by atoms with Crippen molar-refractivity contribution in [3.63, 3.8) is 0 Å². The largest absolute Gasteiger partial charge is 0.444 e. The highest BCUT2D eigenvalue weighted by Crippen LogP contribution is 2.41. The maximum absolute atomic E-state index is 13.1. The van der Waals surface area contributed by atoms with E-state index in [0.717, 1.165) is 12.8 Å². The van der Waals surface area contributed by atoms with Crippen LogP contribution in [0, 0.1) is 5.92 Å². The van der Waals surface area contributed by atoms with Crippen LogP contribution in [0.4, 0.5) is 4.79 Å². The maximum atomic E-state index is 13.1. The summed E-state index contributed by atoms with van der Waals surface area (Å²) in [6.07, 6.45) is 3.18.